The number of hydrogen-bond donors (Lipinski definition) is 1. The van der Waals surface area contributed by atoms with E-state index in [-0.39, 0.29) is 51.4 Å². The molecule has 1 rings (SSSR count). The van der Waals surface area contributed by atoms with E-state index in [2.05, 4.69) is 10.1 Å². The minimum absolute atomic E-state index is 0. The van der Waals surface area contributed by atoms with Crippen molar-refractivity contribution in [2.24, 2.45) is 0 Å². The Morgan fingerprint density at radius 3 is 2.63 bits per heavy atom. The number of hydrogen-bond acceptors (Lipinski definition) is 5. The summed E-state index contributed by atoms with van der Waals surface area (Å²) in [6.07, 6.45) is 8.20. The van der Waals surface area contributed by atoms with Gasteiger partial charge in [-0.3, -0.25) is 0 Å². The van der Waals surface area contributed by atoms with Gasteiger partial charge in [0.1, 0.15) is 0 Å². The van der Waals surface area contributed by atoms with Gasteiger partial charge in [-0.25, -0.2) is 4.79 Å². The van der Waals surface area contributed by atoms with Gasteiger partial charge in [0.15, 0.2) is 0 Å². The van der Waals surface area contributed by atoms with Gasteiger partial charge in [-0.1, -0.05) is 18.2 Å². The molecule has 98 valence electrons. The molecule has 0 spiro atoms. The van der Waals surface area contributed by atoms with Crippen LogP contribution < -0.4 is 61.8 Å². The number of carbonyl (C=O) groups excluding carboxylic acids is 2. The first-order valence-corrected chi connectivity index (χ1v) is 5.62. The molecule has 0 unspecified atom stereocenters. The first-order valence-electron chi connectivity index (χ1n) is 5.62. The largest absolute Gasteiger partial charge is 1.00 e. The Labute approximate surface area is 155 Å². The van der Waals surface area contributed by atoms with Crippen molar-refractivity contribution in [1.82, 2.24) is 5.32 Å². The van der Waals surface area contributed by atoms with Gasteiger partial charge in [-0.15, -0.1) is 0 Å². The predicted octanol–water partition coefficient (Wildman–Crippen LogP) is -2.95. The van der Waals surface area contributed by atoms with Gasteiger partial charge < -0.3 is 20.0 Å². The minimum Gasteiger partial charge on any atom is -0.548 e. The zero-order valence-electron chi connectivity index (χ0n) is 11.4. The number of ether oxygens (including phenoxy) is 1. The molecule has 19 heavy (non-hydrogen) atoms. The van der Waals surface area contributed by atoms with Gasteiger partial charge in [-0.2, -0.15) is 0 Å². The predicted molar refractivity (Wildman–Crippen MR) is 64.2 cm³/mol. The SMILES string of the molecule is COC(=O)C=C(C)N[C@@H](C(=O)[O-])C1=CCC=CC1.[K+]. The van der Waals surface area contributed by atoms with E-state index in [4.69, 9.17) is 0 Å². The minimum atomic E-state index is -1.21. The second-order valence-corrected chi connectivity index (χ2v) is 3.94. The van der Waals surface area contributed by atoms with Crippen molar-refractivity contribution in [1.29, 1.82) is 0 Å². The number of methoxy groups -OCH3 is 1. The van der Waals surface area contributed by atoms with Crippen LogP contribution in [0.5, 0.6) is 0 Å². The van der Waals surface area contributed by atoms with Crippen molar-refractivity contribution in [3.8, 4) is 0 Å². The standard InChI is InChI=1S/C13H17NO4.K/c1-9(8-11(15)18-2)14-12(13(16)17)10-6-4-3-5-7-10;/h3-4,7-8,12,14H,5-6H2,1-2H3,(H,16,17);/q;+1/p-1/t12-;/m1./s1. The number of carbonyl (C=O) groups is 2. The smallest absolute Gasteiger partial charge is 0.548 e. The summed E-state index contributed by atoms with van der Waals surface area (Å²) in [6.45, 7) is 1.60. The molecule has 0 saturated heterocycles. The summed E-state index contributed by atoms with van der Waals surface area (Å²) in [6, 6.07) is -0.921. The van der Waals surface area contributed by atoms with Gasteiger partial charge in [0.2, 0.25) is 0 Å². The molecule has 0 fully saturated rings. The second-order valence-electron chi connectivity index (χ2n) is 3.94. The normalized spacial score (nSPS) is 15.9. The van der Waals surface area contributed by atoms with Crippen LogP contribution in [-0.2, 0) is 14.3 Å². The third kappa shape index (κ3) is 6.53. The molecule has 0 bridgehead atoms. The molecule has 0 aromatic carbocycles. The van der Waals surface area contributed by atoms with Gasteiger partial charge in [0.05, 0.1) is 19.1 Å². The van der Waals surface area contributed by atoms with E-state index >= 15 is 0 Å². The van der Waals surface area contributed by atoms with Crippen LogP contribution in [0.15, 0.2) is 35.6 Å². The molecule has 0 aromatic heterocycles. The molecule has 1 aliphatic rings. The Morgan fingerprint density at radius 1 is 1.47 bits per heavy atom. The van der Waals surface area contributed by atoms with Crippen molar-refractivity contribution in [3.63, 3.8) is 0 Å². The monoisotopic (exact) mass is 289 g/mol. The zero-order chi connectivity index (χ0) is 13.5. The molecular formula is C13H16KNO4. The van der Waals surface area contributed by atoms with Crippen molar-refractivity contribution in [2.75, 3.05) is 7.11 Å². The first kappa shape index (κ1) is 18.6. The fourth-order valence-electron chi connectivity index (χ4n) is 1.66. The fourth-order valence-corrected chi connectivity index (χ4v) is 1.66. The summed E-state index contributed by atoms with van der Waals surface area (Å²) in [4.78, 5) is 22.1. The maximum Gasteiger partial charge on any atom is 1.00 e. The van der Waals surface area contributed by atoms with Crippen molar-refractivity contribution < 1.29 is 70.8 Å². The van der Waals surface area contributed by atoms with E-state index in [0.717, 1.165) is 5.57 Å². The van der Waals surface area contributed by atoms with Crippen LogP contribution in [0.1, 0.15) is 19.8 Å². The molecule has 6 heteroatoms. The van der Waals surface area contributed by atoms with Gasteiger partial charge in [0.25, 0.3) is 0 Å². The summed E-state index contributed by atoms with van der Waals surface area (Å²) >= 11 is 0. The Hall–Kier alpha value is -0.404. The van der Waals surface area contributed by atoms with E-state index in [1.807, 2.05) is 18.2 Å². The number of carboxylic acid groups (broad SMARTS) is 1. The quantitative estimate of drug-likeness (QED) is 0.253. The van der Waals surface area contributed by atoms with Gasteiger partial charge >= 0.3 is 57.4 Å². The molecule has 0 amide bonds. The maximum absolute atomic E-state index is 11.1. The number of carboxylic acids is 1. The molecule has 5 nitrogen and oxygen atoms in total. The number of rotatable bonds is 5. The van der Waals surface area contributed by atoms with Crippen LogP contribution in [0.3, 0.4) is 0 Å². The molecule has 0 aromatic rings. The third-order valence-electron chi connectivity index (χ3n) is 2.55. The fraction of sp³-hybridized carbons (Fsp3) is 0.385. The van der Waals surface area contributed by atoms with Gasteiger partial charge in [-0.05, 0) is 25.3 Å². The van der Waals surface area contributed by atoms with Gasteiger partial charge in [0, 0.05) is 11.8 Å². The summed E-state index contributed by atoms with van der Waals surface area (Å²) < 4.78 is 4.46. The Kier molecular flexibility index (Phi) is 9.29. The Balaban J connectivity index is 0.00000324. The molecule has 1 aliphatic carbocycles. The van der Waals surface area contributed by atoms with E-state index in [0.29, 0.717) is 18.5 Å². The van der Waals surface area contributed by atoms with Crippen molar-refractivity contribution in [2.45, 2.75) is 25.8 Å². The molecule has 0 radical (unpaired) electrons. The van der Waals surface area contributed by atoms with Crippen LogP contribution in [0.4, 0.5) is 0 Å². The number of aliphatic carboxylic acids is 1. The molecule has 1 atom stereocenters. The summed E-state index contributed by atoms with van der Waals surface area (Å²) in [5, 5.41) is 13.9. The van der Waals surface area contributed by atoms with E-state index in [1.54, 1.807) is 6.92 Å². The van der Waals surface area contributed by atoms with Crippen molar-refractivity contribution in [3.05, 3.63) is 35.6 Å². The van der Waals surface area contributed by atoms with E-state index < -0.39 is 18.0 Å². The Bertz CT molecular complexity index is 426. The number of allylic oxidation sites excluding steroid dienone is 4. The topological polar surface area (TPSA) is 78.5 Å². The molecule has 0 heterocycles. The maximum atomic E-state index is 11.1. The van der Waals surface area contributed by atoms with Crippen LogP contribution in [0.25, 0.3) is 0 Å². The summed E-state index contributed by atoms with van der Waals surface area (Å²) in [7, 11) is 1.26. The number of esters is 1. The molecule has 0 saturated carbocycles. The average Bonchev–Trinajstić information content (AvgIpc) is 2.36. The third-order valence-corrected chi connectivity index (χ3v) is 2.55. The molecule has 0 aliphatic heterocycles. The zero-order valence-corrected chi connectivity index (χ0v) is 14.6. The van der Waals surface area contributed by atoms with Crippen LogP contribution in [0.2, 0.25) is 0 Å². The molecular weight excluding hydrogens is 273 g/mol. The molecule has 1 N–H and O–H groups in total. The first-order chi connectivity index (χ1) is 8.54. The average molecular weight is 289 g/mol. The van der Waals surface area contributed by atoms with E-state index in [9.17, 15) is 14.7 Å². The summed E-state index contributed by atoms with van der Waals surface area (Å²) in [5.74, 6) is -1.75. The number of nitrogens with one attached hydrogen (secondary N) is 1. The van der Waals surface area contributed by atoms with E-state index in [1.165, 1.54) is 13.2 Å². The summed E-state index contributed by atoms with van der Waals surface area (Å²) in [5.41, 5.74) is 1.15. The van der Waals surface area contributed by atoms with Crippen LogP contribution in [0, 0.1) is 0 Å². The van der Waals surface area contributed by atoms with Crippen LogP contribution >= 0.6 is 0 Å². The van der Waals surface area contributed by atoms with Crippen molar-refractivity contribution >= 4 is 11.9 Å². The second kappa shape index (κ2) is 9.49. The van der Waals surface area contributed by atoms with Crippen LogP contribution in [-0.4, -0.2) is 25.1 Å². The Morgan fingerprint density at radius 2 is 2.16 bits per heavy atom.